The van der Waals surface area contributed by atoms with Crippen molar-refractivity contribution in [1.29, 1.82) is 0 Å². The highest BCUT2D eigenvalue weighted by atomic mass is 16.6. The first-order valence-corrected chi connectivity index (χ1v) is 7.04. The maximum absolute atomic E-state index is 12.4. The number of rotatable bonds is 3. The largest absolute Gasteiger partial charge is 0.496 e. The minimum absolute atomic E-state index is 0.225. The minimum atomic E-state index is -0.380. The molecule has 1 aromatic carbocycles. The van der Waals surface area contributed by atoms with Crippen LogP contribution < -0.4 is 25.1 Å². The van der Waals surface area contributed by atoms with E-state index in [-0.39, 0.29) is 22.8 Å². The number of pyridine rings is 1. The molecule has 7 nitrogen and oxygen atoms in total. The Balaban J connectivity index is 1.87. The number of methoxy groups -OCH3 is 1. The number of anilines is 1. The summed E-state index contributed by atoms with van der Waals surface area (Å²) in [7, 11) is 2.98. The molecule has 0 fully saturated rings. The summed E-state index contributed by atoms with van der Waals surface area (Å²) in [6, 6.07) is 6.43. The molecule has 0 bridgehead atoms. The first-order valence-electron chi connectivity index (χ1n) is 7.04. The third-order valence-electron chi connectivity index (χ3n) is 3.45. The molecule has 2 heterocycles. The molecule has 0 spiro atoms. The van der Waals surface area contributed by atoms with Gasteiger partial charge in [-0.25, -0.2) is 0 Å². The molecule has 1 aromatic heterocycles. The van der Waals surface area contributed by atoms with E-state index in [4.69, 9.17) is 14.2 Å². The van der Waals surface area contributed by atoms with Crippen molar-refractivity contribution in [1.82, 2.24) is 4.57 Å². The average molecular weight is 316 g/mol. The summed E-state index contributed by atoms with van der Waals surface area (Å²) in [5.41, 5.74) is 0.581. The molecule has 0 saturated carbocycles. The molecule has 0 aliphatic carbocycles. The first-order chi connectivity index (χ1) is 11.1. The molecule has 23 heavy (non-hydrogen) atoms. The molecule has 1 aliphatic rings. The van der Waals surface area contributed by atoms with Gasteiger partial charge in [-0.15, -0.1) is 0 Å². The van der Waals surface area contributed by atoms with Crippen LogP contribution in [0.4, 0.5) is 5.69 Å². The molecule has 7 heteroatoms. The second kappa shape index (κ2) is 6.04. The SMILES string of the molecule is COc1cc(=O)n(C)cc1C(=O)Nc1ccc2c(c1)OCCO2. The highest BCUT2D eigenvalue weighted by molar-refractivity contribution is 6.06. The number of nitrogens with one attached hydrogen (secondary N) is 1. The zero-order valence-electron chi connectivity index (χ0n) is 12.8. The summed E-state index contributed by atoms with van der Waals surface area (Å²) in [6.07, 6.45) is 1.44. The monoisotopic (exact) mass is 316 g/mol. The fourth-order valence-electron chi connectivity index (χ4n) is 2.27. The Bertz CT molecular complexity index is 813. The van der Waals surface area contributed by atoms with Crippen LogP contribution in [0, 0.1) is 0 Å². The van der Waals surface area contributed by atoms with Crippen LogP contribution in [0.15, 0.2) is 35.3 Å². The quantitative estimate of drug-likeness (QED) is 0.926. The number of nitrogens with zero attached hydrogens (tertiary/aromatic N) is 1. The third-order valence-corrected chi connectivity index (χ3v) is 3.45. The maximum atomic E-state index is 12.4. The Kier molecular flexibility index (Phi) is 3.92. The number of aryl methyl sites for hydroxylation is 1. The van der Waals surface area contributed by atoms with Gasteiger partial charge in [0.1, 0.15) is 19.0 Å². The standard InChI is InChI=1S/C16H16N2O5/c1-18-9-11(13(21-2)8-15(18)19)16(20)17-10-3-4-12-14(7-10)23-6-5-22-12/h3-4,7-9H,5-6H2,1-2H3,(H,17,20). The molecule has 1 N–H and O–H groups in total. The number of hydrogen-bond donors (Lipinski definition) is 1. The van der Waals surface area contributed by atoms with Crippen molar-refractivity contribution in [2.75, 3.05) is 25.6 Å². The van der Waals surface area contributed by atoms with Crippen molar-refractivity contribution in [2.45, 2.75) is 0 Å². The highest BCUT2D eigenvalue weighted by Crippen LogP contribution is 2.32. The van der Waals surface area contributed by atoms with Crippen LogP contribution in [0.5, 0.6) is 17.2 Å². The first kappa shape index (κ1) is 15.0. The van der Waals surface area contributed by atoms with Gasteiger partial charge in [0.05, 0.1) is 12.7 Å². The van der Waals surface area contributed by atoms with Crippen LogP contribution in [-0.4, -0.2) is 30.8 Å². The maximum Gasteiger partial charge on any atom is 0.260 e. The van der Waals surface area contributed by atoms with E-state index in [1.54, 1.807) is 25.2 Å². The van der Waals surface area contributed by atoms with E-state index >= 15 is 0 Å². The Morgan fingerprint density at radius 2 is 1.96 bits per heavy atom. The second-order valence-electron chi connectivity index (χ2n) is 5.02. The zero-order valence-corrected chi connectivity index (χ0v) is 12.8. The second-order valence-corrected chi connectivity index (χ2v) is 5.02. The lowest BCUT2D eigenvalue weighted by Crippen LogP contribution is -2.21. The fourth-order valence-corrected chi connectivity index (χ4v) is 2.27. The van der Waals surface area contributed by atoms with Gasteiger partial charge in [0.25, 0.3) is 11.5 Å². The molecule has 0 radical (unpaired) electrons. The molecule has 3 rings (SSSR count). The lowest BCUT2D eigenvalue weighted by molar-refractivity contribution is 0.102. The van der Waals surface area contributed by atoms with Crippen molar-refractivity contribution in [2.24, 2.45) is 7.05 Å². The molecule has 2 aromatic rings. The lowest BCUT2D eigenvalue weighted by Gasteiger charge is -2.19. The van der Waals surface area contributed by atoms with Gasteiger partial charge in [-0.3, -0.25) is 9.59 Å². The summed E-state index contributed by atoms with van der Waals surface area (Å²) in [4.78, 5) is 24.1. The number of ether oxygens (including phenoxy) is 3. The summed E-state index contributed by atoms with van der Waals surface area (Å²) in [5.74, 6) is 1.08. The van der Waals surface area contributed by atoms with Gasteiger partial charge in [0, 0.05) is 31.1 Å². The highest BCUT2D eigenvalue weighted by Gasteiger charge is 2.17. The van der Waals surface area contributed by atoms with Crippen LogP contribution in [0.1, 0.15) is 10.4 Å². The van der Waals surface area contributed by atoms with Gasteiger partial charge in [-0.1, -0.05) is 0 Å². The van der Waals surface area contributed by atoms with Crippen LogP contribution >= 0.6 is 0 Å². The van der Waals surface area contributed by atoms with E-state index in [1.807, 2.05) is 0 Å². The molecule has 1 aliphatic heterocycles. The van der Waals surface area contributed by atoms with Crippen molar-refractivity contribution >= 4 is 11.6 Å². The van der Waals surface area contributed by atoms with Crippen LogP contribution in [0.25, 0.3) is 0 Å². The zero-order chi connectivity index (χ0) is 16.4. The van der Waals surface area contributed by atoms with Gasteiger partial charge < -0.3 is 24.1 Å². The summed E-state index contributed by atoms with van der Waals surface area (Å²) >= 11 is 0. The summed E-state index contributed by atoms with van der Waals surface area (Å²) < 4.78 is 17.4. The molecule has 0 unspecified atom stereocenters. The van der Waals surface area contributed by atoms with Crippen LogP contribution in [0.2, 0.25) is 0 Å². The van der Waals surface area contributed by atoms with E-state index < -0.39 is 0 Å². The van der Waals surface area contributed by atoms with E-state index in [0.717, 1.165) is 0 Å². The number of carbonyl (C=O) groups is 1. The van der Waals surface area contributed by atoms with Crippen molar-refractivity contribution in [3.05, 3.63) is 46.4 Å². The van der Waals surface area contributed by atoms with Crippen LogP contribution in [-0.2, 0) is 7.05 Å². The van der Waals surface area contributed by atoms with Gasteiger partial charge in [0.15, 0.2) is 11.5 Å². The third kappa shape index (κ3) is 2.98. The summed E-state index contributed by atoms with van der Waals surface area (Å²) in [5, 5.41) is 2.76. The topological polar surface area (TPSA) is 78.8 Å². The molecule has 0 atom stereocenters. The number of hydrogen-bond acceptors (Lipinski definition) is 5. The smallest absolute Gasteiger partial charge is 0.260 e. The molecular formula is C16H16N2O5. The average Bonchev–Trinajstić information content (AvgIpc) is 2.56. The number of carbonyl (C=O) groups excluding carboxylic acids is 1. The van der Waals surface area contributed by atoms with Gasteiger partial charge in [-0.2, -0.15) is 0 Å². The van der Waals surface area contributed by atoms with E-state index in [1.165, 1.54) is 23.9 Å². The molecular weight excluding hydrogens is 300 g/mol. The predicted molar refractivity (Wildman–Crippen MR) is 83.6 cm³/mol. The Morgan fingerprint density at radius 3 is 2.70 bits per heavy atom. The lowest BCUT2D eigenvalue weighted by atomic mass is 10.2. The Labute approximate surface area is 132 Å². The predicted octanol–water partition coefficient (Wildman–Crippen LogP) is 1.42. The van der Waals surface area contributed by atoms with Crippen molar-refractivity contribution in [3.63, 3.8) is 0 Å². The van der Waals surface area contributed by atoms with Crippen molar-refractivity contribution < 1.29 is 19.0 Å². The van der Waals surface area contributed by atoms with Gasteiger partial charge >= 0.3 is 0 Å². The molecule has 120 valence electrons. The summed E-state index contributed by atoms with van der Waals surface area (Å²) in [6.45, 7) is 0.979. The van der Waals surface area contributed by atoms with Gasteiger partial charge in [0.2, 0.25) is 0 Å². The van der Waals surface area contributed by atoms with Crippen LogP contribution in [0.3, 0.4) is 0 Å². The van der Waals surface area contributed by atoms with E-state index in [2.05, 4.69) is 5.32 Å². The van der Waals surface area contributed by atoms with E-state index in [0.29, 0.717) is 30.4 Å². The minimum Gasteiger partial charge on any atom is -0.496 e. The Hall–Kier alpha value is -2.96. The normalized spacial score (nSPS) is 12.6. The number of fused-ring (bicyclic) bond motifs is 1. The number of benzene rings is 1. The van der Waals surface area contributed by atoms with Crippen molar-refractivity contribution in [3.8, 4) is 17.2 Å². The molecule has 1 amide bonds. The van der Waals surface area contributed by atoms with E-state index in [9.17, 15) is 9.59 Å². The Morgan fingerprint density at radius 1 is 1.22 bits per heavy atom. The fraction of sp³-hybridized carbons (Fsp3) is 0.250. The van der Waals surface area contributed by atoms with Gasteiger partial charge in [-0.05, 0) is 12.1 Å². The molecule has 0 saturated heterocycles. The number of aromatic nitrogens is 1. The number of amides is 1.